The molecule has 2 aliphatic rings. The number of nitrogens with zero attached hydrogens (tertiary/aromatic N) is 2. The van der Waals surface area contributed by atoms with Gasteiger partial charge in [-0.1, -0.05) is 12.1 Å². The zero-order chi connectivity index (χ0) is 22.2. The van der Waals surface area contributed by atoms with Crippen LogP contribution in [0, 0.1) is 0 Å². The first kappa shape index (κ1) is 21.2. The molecule has 0 atom stereocenters. The van der Waals surface area contributed by atoms with Crippen molar-refractivity contribution in [2.75, 3.05) is 20.2 Å². The maximum atomic E-state index is 12.3. The van der Waals surface area contributed by atoms with E-state index < -0.39 is 5.60 Å². The molecule has 1 amide bonds. The molecule has 3 heterocycles. The van der Waals surface area contributed by atoms with E-state index in [0.29, 0.717) is 18.7 Å². The Morgan fingerprint density at radius 1 is 1.13 bits per heavy atom. The molecular formula is C24H28N2O5. The second-order valence-electron chi connectivity index (χ2n) is 9.18. The predicted molar refractivity (Wildman–Crippen MR) is 115 cm³/mol. The molecule has 1 aromatic carbocycles. The van der Waals surface area contributed by atoms with Crippen LogP contribution in [-0.4, -0.2) is 53.3 Å². The maximum Gasteiger partial charge on any atom is 0.410 e. The van der Waals surface area contributed by atoms with Crippen molar-refractivity contribution in [1.82, 2.24) is 9.88 Å². The molecule has 164 valence electrons. The number of pyridine rings is 1. The highest BCUT2D eigenvalue weighted by atomic mass is 16.6. The summed E-state index contributed by atoms with van der Waals surface area (Å²) in [5, 5.41) is 0. The van der Waals surface area contributed by atoms with E-state index in [0.717, 1.165) is 41.8 Å². The third kappa shape index (κ3) is 4.50. The summed E-state index contributed by atoms with van der Waals surface area (Å²) in [6.07, 6.45) is 3.81. The molecule has 1 saturated heterocycles. The van der Waals surface area contributed by atoms with Gasteiger partial charge in [0.1, 0.15) is 17.0 Å². The Balaban J connectivity index is 1.43. The Kier molecular flexibility index (Phi) is 5.37. The van der Waals surface area contributed by atoms with Crippen LogP contribution in [-0.2, 0) is 15.9 Å². The summed E-state index contributed by atoms with van der Waals surface area (Å²) in [5.41, 5.74) is 2.59. The van der Waals surface area contributed by atoms with E-state index in [4.69, 9.17) is 14.2 Å². The lowest BCUT2D eigenvalue weighted by Crippen LogP contribution is -2.50. The number of esters is 1. The summed E-state index contributed by atoms with van der Waals surface area (Å²) in [5.74, 6) is 0.446. The lowest BCUT2D eigenvalue weighted by atomic mass is 9.87. The number of hydrogen-bond donors (Lipinski definition) is 0. The SMILES string of the molecule is COC(=O)c1ccc(-c2cc3c(cn2)OC2(CCN(C(=O)OC(C)(C)C)CC2)C3)cc1. The topological polar surface area (TPSA) is 78.0 Å². The molecule has 0 unspecified atom stereocenters. The molecule has 1 spiro atoms. The van der Waals surface area contributed by atoms with Crippen molar-refractivity contribution in [1.29, 1.82) is 0 Å². The number of rotatable bonds is 2. The van der Waals surface area contributed by atoms with Crippen molar-refractivity contribution in [2.45, 2.75) is 51.2 Å². The Morgan fingerprint density at radius 3 is 2.42 bits per heavy atom. The fourth-order valence-corrected chi connectivity index (χ4v) is 4.09. The highest BCUT2D eigenvalue weighted by Gasteiger charge is 2.43. The van der Waals surface area contributed by atoms with Crippen LogP contribution < -0.4 is 4.74 Å². The van der Waals surface area contributed by atoms with Crippen molar-refractivity contribution in [2.24, 2.45) is 0 Å². The van der Waals surface area contributed by atoms with E-state index in [1.54, 1.807) is 23.2 Å². The number of amides is 1. The van der Waals surface area contributed by atoms with Crippen LogP contribution >= 0.6 is 0 Å². The number of fused-ring (bicyclic) bond motifs is 1. The van der Waals surface area contributed by atoms with Gasteiger partial charge in [0, 0.05) is 43.5 Å². The lowest BCUT2D eigenvalue weighted by molar-refractivity contribution is -0.00895. The average molecular weight is 424 g/mol. The van der Waals surface area contributed by atoms with Crippen LogP contribution in [0.4, 0.5) is 4.79 Å². The molecule has 0 N–H and O–H groups in total. The Morgan fingerprint density at radius 2 is 1.81 bits per heavy atom. The number of hydrogen-bond acceptors (Lipinski definition) is 6. The number of methoxy groups -OCH3 is 1. The summed E-state index contributed by atoms with van der Waals surface area (Å²) < 4.78 is 16.6. The van der Waals surface area contributed by atoms with Crippen LogP contribution in [0.3, 0.4) is 0 Å². The van der Waals surface area contributed by atoms with Crippen molar-refractivity contribution in [3.8, 4) is 17.0 Å². The van der Waals surface area contributed by atoms with Gasteiger partial charge in [0.15, 0.2) is 0 Å². The molecule has 4 rings (SSSR count). The summed E-state index contributed by atoms with van der Waals surface area (Å²) in [6, 6.07) is 9.26. The third-order valence-electron chi connectivity index (χ3n) is 5.72. The second kappa shape index (κ2) is 7.87. The van der Waals surface area contributed by atoms with E-state index in [9.17, 15) is 9.59 Å². The lowest BCUT2D eigenvalue weighted by Gasteiger charge is -2.38. The number of piperidine rings is 1. The number of ether oxygens (including phenoxy) is 3. The molecule has 2 aromatic rings. The van der Waals surface area contributed by atoms with Crippen molar-refractivity contribution >= 4 is 12.1 Å². The van der Waals surface area contributed by atoms with Crippen LogP contribution in [0.25, 0.3) is 11.3 Å². The number of likely N-dealkylation sites (tertiary alicyclic amines) is 1. The monoisotopic (exact) mass is 424 g/mol. The molecular weight excluding hydrogens is 396 g/mol. The van der Waals surface area contributed by atoms with Crippen molar-refractivity contribution in [3.05, 3.63) is 47.7 Å². The van der Waals surface area contributed by atoms with Gasteiger partial charge in [-0.25, -0.2) is 9.59 Å². The fourth-order valence-electron chi connectivity index (χ4n) is 4.09. The summed E-state index contributed by atoms with van der Waals surface area (Å²) in [6.45, 7) is 6.85. The maximum absolute atomic E-state index is 12.3. The van der Waals surface area contributed by atoms with Crippen LogP contribution in [0.15, 0.2) is 36.5 Å². The second-order valence-corrected chi connectivity index (χ2v) is 9.18. The van der Waals surface area contributed by atoms with E-state index in [1.165, 1.54) is 7.11 Å². The number of carbonyl (C=O) groups excluding carboxylic acids is 2. The Bertz CT molecular complexity index is 986. The molecule has 7 heteroatoms. The number of benzene rings is 1. The zero-order valence-corrected chi connectivity index (χ0v) is 18.4. The van der Waals surface area contributed by atoms with Crippen LogP contribution in [0.5, 0.6) is 5.75 Å². The first-order valence-electron chi connectivity index (χ1n) is 10.5. The highest BCUT2D eigenvalue weighted by molar-refractivity contribution is 5.89. The minimum atomic E-state index is -0.497. The van der Waals surface area contributed by atoms with Gasteiger partial charge in [-0.2, -0.15) is 0 Å². The largest absolute Gasteiger partial charge is 0.485 e. The van der Waals surface area contributed by atoms with Gasteiger partial charge in [-0.05, 0) is 39.0 Å². The van der Waals surface area contributed by atoms with E-state index >= 15 is 0 Å². The van der Waals surface area contributed by atoms with Crippen LogP contribution in [0.2, 0.25) is 0 Å². The minimum absolute atomic E-state index is 0.266. The Hall–Kier alpha value is -3.09. The third-order valence-corrected chi connectivity index (χ3v) is 5.72. The van der Waals surface area contributed by atoms with Crippen LogP contribution in [0.1, 0.15) is 49.5 Å². The van der Waals surface area contributed by atoms with Crippen molar-refractivity contribution in [3.63, 3.8) is 0 Å². The van der Waals surface area contributed by atoms with Gasteiger partial charge in [-0.15, -0.1) is 0 Å². The fraction of sp³-hybridized carbons (Fsp3) is 0.458. The van der Waals surface area contributed by atoms with Gasteiger partial charge in [0.05, 0.1) is 24.6 Å². The zero-order valence-electron chi connectivity index (χ0n) is 18.4. The number of aromatic nitrogens is 1. The standard InChI is InChI=1S/C24H28N2O5/c1-23(2,3)31-22(28)26-11-9-24(10-12-26)14-18-13-19(25-15-20(18)30-24)16-5-7-17(8-6-16)21(27)29-4/h5-8,13,15H,9-12,14H2,1-4H3. The quantitative estimate of drug-likeness (QED) is 0.671. The van der Waals surface area contributed by atoms with Gasteiger partial charge in [0.25, 0.3) is 0 Å². The molecule has 1 fully saturated rings. The van der Waals surface area contributed by atoms with E-state index in [2.05, 4.69) is 11.1 Å². The van der Waals surface area contributed by atoms with Gasteiger partial charge >= 0.3 is 12.1 Å². The molecule has 0 aliphatic carbocycles. The molecule has 1 aromatic heterocycles. The van der Waals surface area contributed by atoms with Gasteiger partial charge in [-0.3, -0.25) is 4.98 Å². The first-order chi connectivity index (χ1) is 14.7. The molecule has 0 bridgehead atoms. The molecule has 0 radical (unpaired) electrons. The highest BCUT2D eigenvalue weighted by Crippen LogP contribution is 2.42. The normalized spacial score (nSPS) is 17.1. The summed E-state index contributed by atoms with van der Waals surface area (Å²) >= 11 is 0. The van der Waals surface area contributed by atoms with Crippen molar-refractivity contribution < 1.29 is 23.8 Å². The molecule has 7 nitrogen and oxygen atoms in total. The van der Waals surface area contributed by atoms with Gasteiger partial charge < -0.3 is 19.1 Å². The molecule has 2 aliphatic heterocycles. The molecule has 31 heavy (non-hydrogen) atoms. The van der Waals surface area contributed by atoms with Gasteiger partial charge in [0.2, 0.25) is 0 Å². The van der Waals surface area contributed by atoms with E-state index in [1.807, 2.05) is 32.9 Å². The Labute approximate surface area is 182 Å². The average Bonchev–Trinajstić information content (AvgIpc) is 3.09. The number of carbonyl (C=O) groups is 2. The first-order valence-corrected chi connectivity index (χ1v) is 10.5. The predicted octanol–water partition coefficient (Wildman–Crippen LogP) is 4.24. The summed E-state index contributed by atoms with van der Waals surface area (Å²) in [7, 11) is 1.37. The smallest absolute Gasteiger partial charge is 0.410 e. The van der Waals surface area contributed by atoms with E-state index in [-0.39, 0.29) is 17.7 Å². The molecule has 0 saturated carbocycles. The summed E-state index contributed by atoms with van der Waals surface area (Å²) in [4.78, 5) is 30.3. The minimum Gasteiger partial charge on any atom is -0.485 e.